The molecule has 0 amide bonds. The molecule has 0 aliphatic rings. The van der Waals surface area contributed by atoms with Crippen molar-refractivity contribution in [2.75, 3.05) is 39.6 Å². The van der Waals surface area contributed by atoms with Crippen molar-refractivity contribution in [3.05, 3.63) is 0 Å². The number of aliphatic hydroxyl groups excluding tert-OH is 1. The number of hydrogen-bond donors (Lipinski definition) is 3. The largest absolute Gasteiger partial charge is 0.472 e. The first-order valence-electron chi connectivity index (χ1n) is 40.5. The Morgan fingerprint density at radius 1 is 0.299 bits per heavy atom. The Morgan fingerprint density at radius 2 is 0.526 bits per heavy atom. The Morgan fingerprint density at radius 3 is 0.784 bits per heavy atom. The molecule has 6 atom stereocenters. The summed E-state index contributed by atoms with van der Waals surface area (Å²) < 4.78 is 68.6. The standard InChI is InChI=1S/C78H152O17P2/c1-7-10-12-14-16-18-20-22-23-24-27-30-34-37-41-48-54-60-75(80)88-66-73(94-78(83)63-57-51-43-39-35-31-28-25-26-29-32-36-40-46-52-58-70(4)5)68-92-96(84,85)90-64-72(79)65-91-97(86,87)93-69-74(67-89-76(81)61-55-49-45-44-47-53-59-71(6)9-3)95-77(82)62-56-50-42-38-33-21-19-17-15-13-11-8-2/h70-74,79H,7-69H2,1-6H3,(H,84,85)(H,86,87)/t71?,72-,73-,74-/m1/s1. The van der Waals surface area contributed by atoms with Crippen LogP contribution in [0, 0.1) is 11.8 Å². The molecule has 3 N–H and O–H groups in total. The first-order valence-corrected chi connectivity index (χ1v) is 43.5. The van der Waals surface area contributed by atoms with Crippen molar-refractivity contribution in [3.8, 4) is 0 Å². The van der Waals surface area contributed by atoms with Crippen LogP contribution in [0.3, 0.4) is 0 Å². The zero-order valence-electron chi connectivity index (χ0n) is 63.4. The number of rotatable bonds is 77. The van der Waals surface area contributed by atoms with Gasteiger partial charge in [0.25, 0.3) is 0 Å². The van der Waals surface area contributed by atoms with Gasteiger partial charge in [0.05, 0.1) is 26.4 Å². The third kappa shape index (κ3) is 70.9. The lowest BCUT2D eigenvalue weighted by molar-refractivity contribution is -0.161. The molecule has 0 saturated carbocycles. The Hall–Kier alpha value is -1.94. The summed E-state index contributed by atoms with van der Waals surface area (Å²) in [5.41, 5.74) is 0. The highest BCUT2D eigenvalue weighted by Crippen LogP contribution is 2.45. The molecule has 3 unspecified atom stereocenters. The summed E-state index contributed by atoms with van der Waals surface area (Å²) in [6, 6.07) is 0. The molecule has 0 rings (SSSR count). The van der Waals surface area contributed by atoms with E-state index in [1.54, 1.807) is 0 Å². The first-order chi connectivity index (χ1) is 46.9. The summed E-state index contributed by atoms with van der Waals surface area (Å²) in [5.74, 6) is -0.579. The van der Waals surface area contributed by atoms with Crippen LogP contribution in [0.25, 0.3) is 0 Å². The van der Waals surface area contributed by atoms with E-state index < -0.39 is 97.5 Å². The molecular formula is C78H152O17P2. The minimum atomic E-state index is -4.96. The van der Waals surface area contributed by atoms with Gasteiger partial charge in [-0.25, -0.2) is 9.13 Å². The van der Waals surface area contributed by atoms with Crippen molar-refractivity contribution in [2.24, 2.45) is 11.8 Å². The fourth-order valence-electron chi connectivity index (χ4n) is 12.0. The molecule has 97 heavy (non-hydrogen) atoms. The van der Waals surface area contributed by atoms with E-state index in [1.807, 2.05) is 0 Å². The van der Waals surface area contributed by atoms with Crippen LogP contribution in [0.4, 0.5) is 0 Å². The van der Waals surface area contributed by atoms with Crippen LogP contribution in [-0.4, -0.2) is 96.7 Å². The van der Waals surface area contributed by atoms with Gasteiger partial charge in [0.2, 0.25) is 0 Å². The summed E-state index contributed by atoms with van der Waals surface area (Å²) in [5, 5.41) is 10.6. The van der Waals surface area contributed by atoms with Crippen molar-refractivity contribution in [3.63, 3.8) is 0 Å². The molecular weight excluding hydrogens is 1270 g/mol. The number of aliphatic hydroxyl groups is 1. The number of hydrogen-bond acceptors (Lipinski definition) is 15. The second-order valence-electron chi connectivity index (χ2n) is 28.8. The molecule has 0 spiro atoms. The number of unbranched alkanes of at least 4 members (excludes halogenated alkanes) is 46. The molecule has 0 aromatic rings. The second-order valence-corrected chi connectivity index (χ2v) is 31.7. The highest BCUT2D eigenvalue weighted by molar-refractivity contribution is 7.47. The van der Waals surface area contributed by atoms with E-state index in [4.69, 9.17) is 37.0 Å². The highest BCUT2D eigenvalue weighted by atomic mass is 31.2. The van der Waals surface area contributed by atoms with Crippen LogP contribution in [0.1, 0.15) is 408 Å². The summed E-state index contributed by atoms with van der Waals surface area (Å²) in [6.07, 6.45) is 58.2. The van der Waals surface area contributed by atoms with Gasteiger partial charge in [0, 0.05) is 25.7 Å². The number of esters is 4. The molecule has 0 radical (unpaired) electrons. The van der Waals surface area contributed by atoms with Crippen LogP contribution in [0.15, 0.2) is 0 Å². The Bertz CT molecular complexity index is 1870. The number of carbonyl (C=O) groups is 4. The van der Waals surface area contributed by atoms with Crippen molar-refractivity contribution in [1.29, 1.82) is 0 Å². The van der Waals surface area contributed by atoms with Crippen molar-refractivity contribution in [2.45, 2.75) is 426 Å². The Labute approximate surface area is 594 Å². The van der Waals surface area contributed by atoms with Crippen LogP contribution in [0.2, 0.25) is 0 Å². The summed E-state index contributed by atoms with van der Waals surface area (Å²) in [4.78, 5) is 72.9. The van der Waals surface area contributed by atoms with E-state index in [9.17, 15) is 43.2 Å². The van der Waals surface area contributed by atoms with Crippen molar-refractivity contribution >= 4 is 39.5 Å². The third-order valence-corrected chi connectivity index (χ3v) is 20.5. The molecule has 576 valence electrons. The fourth-order valence-corrected chi connectivity index (χ4v) is 13.6. The molecule has 0 aromatic heterocycles. The maximum Gasteiger partial charge on any atom is 0.472 e. The highest BCUT2D eigenvalue weighted by Gasteiger charge is 2.30. The summed E-state index contributed by atoms with van der Waals surface area (Å²) >= 11 is 0. The molecule has 0 fully saturated rings. The van der Waals surface area contributed by atoms with Crippen LogP contribution >= 0.6 is 15.6 Å². The van der Waals surface area contributed by atoms with Crippen LogP contribution < -0.4 is 0 Å². The molecule has 0 heterocycles. The first kappa shape index (κ1) is 95.1. The lowest BCUT2D eigenvalue weighted by Gasteiger charge is -2.21. The maximum absolute atomic E-state index is 13.1. The van der Waals surface area contributed by atoms with E-state index in [2.05, 4.69) is 41.5 Å². The van der Waals surface area contributed by atoms with Gasteiger partial charge in [-0.1, -0.05) is 356 Å². The summed E-state index contributed by atoms with van der Waals surface area (Å²) in [6.45, 7) is 9.60. The molecule has 0 aliphatic heterocycles. The molecule has 17 nitrogen and oxygen atoms in total. The second kappa shape index (κ2) is 69.8. The van der Waals surface area contributed by atoms with Gasteiger partial charge in [-0.2, -0.15) is 0 Å². The SMILES string of the molecule is CCCCCCCCCCCCCCCCCCCC(=O)OC[C@H](COP(=O)(O)OC[C@@H](O)COP(=O)(O)OC[C@@H](COC(=O)CCCCCCCCC(C)CC)OC(=O)CCCCCCCCCCCCCC)OC(=O)CCCCCCCCCCCCCCCCCC(C)C. The van der Waals surface area contributed by atoms with E-state index in [0.717, 1.165) is 108 Å². The zero-order chi connectivity index (χ0) is 71.4. The van der Waals surface area contributed by atoms with Gasteiger partial charge >= 0.3 is 39.5 Å². The lowest BCUT2D eigenvalue weighted by Crippen LogP contribution is -2.30. The third-order valence-electron chi connectivity index (χ3n) is 18.6. The normalized spacial score (nSPS) is 14.2. The fraction of sp³-hybridized carbons (Fsp3) is 0.949. The molecule has 0 saturated heterocycles. The lowest BCUT2D eigenvalue weighted by atomic mass is 10.00. The Kier molecular flexibility index (Phi) is 68.4. The van der Waals surface area contributed by atoms with Gasteiger partial charge in [-0.15, -0.1) is 0 Å². The Balaban J connectivity index is 5.24. The predicted molar refractivity (Wildman–Crippen MR) is 395 cm³/mol. The van der Waals surface area contributed by atoms with Gasteiger partial charge in [0.15, 0.2) is 12.2 Å². The average Bonchev–Trinajstić information content (AvgIpc) is 1.11. The van der Waals surface area contributed by atoms with E-state index in [-0.39, 0.29) is 25.7 Å². The maximum atomic E-state index is 13.1. The van der Waals surface area contributed by atoms with Crippen molar-refractivity contribution in [1.82, 2.24) is 0 Å². The number of phosphoric acid groups is 2. The zero-order valence-corrected chi connectivity index (χ0v) is 65.2. The molecule has 0 aromatic carbocycles. The van der Waals surface area contributed by atoms with Crippen molar-refractivity contribution < 1.29 is 80.2 Å². The monoisotopic (exact) mass is 1420 g/mol. The smallest absolute Gasteiger partial charge is 0.462 e. The topological polar surface area (TPSA) is 237 Å². The van der Waals surface area contributed by atoms with Gasteiger partial charge in [-0.3, -0.25) is 37.3 Å². The van der Waals surface area contributed by atoms with Crippen LogP contribution in [0.5, 0.6) is 0 Å². The van der Waals surface area contributed by atoms with E-state index in [0.29, 0.717) is 25.7 Å². The molecule has 0 bridgehead atoms. The van der Waals surface area contributed by atoms with Gasteiger partial charge in [-0.05, 0) is 37.5 Å². The minimum Gasteiger partial charge on any atom is -0.462 e. The van der Waals surface area contributed by atoms with Crippen LogP contribution in [-0.2, 0) is 65.4 Å². The minimum absolute atomic E-state index is 0.107. The van der Waals surface area contributed by atoms with E-state index in [1.165, 1.54) is 218 Å². The quantitative estimate of drug-likeness (QED) is 0.0222. The molecule has 19 heteroatoms. The molecule has 0 aliphatic carbocycles. The average molecular weight is 1420 g/mol. The number of phosphoric ester groups is 2. The predicted octanol–water partition coefficient (Wildman–Crippen LogP) is 23.1. The van der Waals surface area contributed by atoms with Gasteiger partial charge < -0.3 is 33.8 Å². The van der Waals surface area contributed by atoms with Gasteiger partial charge in [0.1, 0.15) is 19.3 Å². The number of carbonyl (C=O) groups excluding carboxylic acids is 4. The van der Waals surface area contributed by atoms with E-state index >= 15 is 0 Å². The summed E-state index contributed by atoms with van der Waals surface area (Å²) in [7, 11) is -9.91. The number of ether oxygens (including phenoxy) is 4.